The number of benzene rings is 4. The molecule has 40 heavy (non-hydrogen) atoms. The van der Waals surface area contributed by atoms with Crippen molar-refractivity contribution in [2.24, 2.45) is 0 Å². The normalized spacial score (nSPS) is 11.8. The van der Waals surface area contributed by atoms with E-state index in [1.807, 2.05) is 0 Å². The Morgan fingerprint density at radius 1 is 0.775 bits per heavy atom. The minimum absolute atomic E-state index is 0.310. The minimum Gasteiger partial charge on any atom is -0.493 e. The van der Waals surface area contributed by atoms with Gasteiger partial charge in [0, 0.05) is 16.1 Å². The predicted molar refractivity (Wildman–Crippen MR) is 149 cm³/mol. The van der Waals surface area contributed by atoms with Gasteiger partial charge in [-0.2, -0.15) is 13.2 Å². The van der Waals surface area contributed by atoms with Crippen LogP contribution in [-0.2, 0) is 11.0 Å². The average molecular weight is 567 g/mol. The number of hydrogen-bond acceptors (Lipinski definition) is 5. The van der Waals surface area contributed by atoms with Crippen molar-refractivity contribution >= 4 is 35.0 Å². The van der Waals surface area contributed by atoms with Crippen molar-refractivity contribution in [2.45, 2.75) is 16.3 Å². The number of carbonyl (C=O) groups is 2. The lowest BCUT2D eigenvalue weighted by atomic mass is 10.1. The first-order chi connectivity index (χ1) is 19.2. The summed E-state index contributed by atoms with van der Waals surface area (Å²) in [5.41, 5.74) is 0.282. The molecule has 6 nitrogen and oxygen atoms in total. The molecule has 10 heteroatoms. The van der Waals surface area contributed by atoms with Crippen LogP contribution in [0, 0.1) is 0 Å². The monoisotopic (exact) mass is 566 g/mol. The third-order valence-electron chi connectivity index (χ3n) is 5.84. The number of halogens is 3. The first-order valence-electron chi connectivity index (χ1n) is 12.0. The fraction of sp³-hybridized carbons (Fsp3) is 0.133. The second-order valence-corrected chi connectivity index (χ2v) is 9.67. The van der Waals surface area contributed by atoms with E-state index in [9.17, 15) is 22.8 Å². The van der Waals surface area contributed by atoms with Gasteiger partial charge in [0.25, 0.3) is 5.91 Å². The van der Waals surface area contributed by atoms with E-state index in [2.05, 4.69) is 10.6 Å². The SMILES string of the molecule is COc1ccc(C(=O)Nc2ccc(SC(C(=O)Nc3ccccc3C(F)(F)F)c3ccccc3)cc2)cc1OC. The van der Waals surface area contributed by atoms with Crippen molar-refractivity contribution in [3.63, 3.8) is 0 Å². The molecule has 206 valence electrons. The summed E-state index contributed by atoms with van der Waals surface area (Å²) in [5, 5.41) is 4.42. The number of ether oxygens (including phenoxy) is 2. The standard InChI is InChI=1S/C30H25F3N2O4S/c1-38-25-17-12-20(18-26(25)39-2)28(36)34-21-13-15-22(16-14-21)40-27(19-8-4-3-5-9-19)29(37)35-24-11-7-6-10-23(24)30(31,32)33/h3-18,27H,1-2H3,(H,34,36)(H,35,37). The molecule has 4 aromatic rings. The van der Waals surface area contributed by atoms with Gasteiger partial charge in [-0.3, -0.25) is 9.59 Å². The van der Waals surface area contributed by atoms with Crippen LogP contribution in [0.5, 0.6) is 11.5 Å². The number of rotatable bonds is 9. The molecule has 0 saturated heterocycles. The highest BCUT2D eigenvalue weighted by Crippen LogP contribution is 2.39. The number of alkyl halides is 3. The van der Waals surface area contributed by atoms with Crippen LogP contribution in [0.2, 0.25) is 0 Å². The number of amides is 2. The summed E-state index contributed by atoms with van der Waals surface area (Å²) in [6, 6.07) is 25.3. The molecule has 4 rings (SSSR count). The van der Waals surface area contributed by atoms with E-state index in [1.165, 1.54) is 44.2 Å². The molecular formula is C30H25F3N2O4S. The lowest BCUT2D eigenvalue weighted by molar-refractivity contribution is -0.137. The van der Waals surface area contributed by atoms with Gasteiger partial charge in [-0.05, 0) is 60.2 Å². The highest BCUT2D eigenvalue weighted by molar-refractivity contribution is 8.00. The molecule has 4 aromatic carbocycles. The molecule has 0 aliphatic heterocycles. The minimum atomic E-state index is -4.61. The zero-order chi connectivity index (χ0) is 28.7. The molecule has 2 amide bonds. The molecule has 0 heterocycles. The first-order valence-corrected chi connectivity index (χ1v) is 12.9. The Morgan fingerprint density at radius 2 is 1.43 bits per heavy atom. The molecule has 0 radical (unpaired) electrons. The summed E-state index contributed by atoms with van der Waals surface area (Å²) in [4.78, 5) is 26.7. The number of anilines is 2. The van der Waals surface area contributed by atoms with E-state index in [-0.39, 0.29) is 11.6 Å². The van der Waals surface area contributed by atoms with Crippen molar-refractivity contribution in [1.29, 1.82) is 0 Å². The molecule has 0 aliphatic carbocycles. The van der Waals surface area contributed by atoms with Gasteiger partial charge in [0.1, 0.15) is 5.25 Å². The van der Waals surface area contributed by atoms with Gasteiger partial charge in [0.2, 0.25) is 5.91 Å². The summed E-state index contributed by atoms with van der Waals surface area (Å²) in [6.07, 6.45) is -4.61. The van der Waals surface area contributed by atoms with Crippen molar-refractivity contribution in [3.05, 3.63) is 114 Å². The maximum atomic E-state index is 13.5. The zero-order valence-corrected chi connectivity index (χ0v) is 22.3. The van der Waals surface area contributed by atoms with Gasteiger partial charge in [-0.25, -0.2) is 0 Å². The lowest BCUT2D eigenvalue weighted by Crippen LogP contribution is -2.21. The zero-order valence-electron chi connectivity index (χ0n) is 21.5. The summed E-state index contributed by atoms with van der Waals surface area (Å²) < 4.78 is 50.9. The fourth-order valence-electron chi connectivity index (χ4n) is 3.87. The Labute approximate surface area is 233 Å². The highest BCUT2D eigenvalue weighted by atomic mass is 32.2. The van der Waals surface area contributed by atoms with Crippen LogP contribution in [0.25, 0.3) is 0 Å². The molecule has 0 fully saturated rings. The van der Waals surface area contributed by atoms with Crippen LogP contribution >= 0.6 is 11.8 Å². The van der Waals surface area contributed by atoms with E-state index in [0.29, 0.717) is 33.2 Å². The Hall–Kier alpha value is -4.44. The van der Waals surface area contributed by atoms with Crippen LogP contribution in [0.3, 0.4) is 0 Å². The molecule has 0 spiro atoms. The van der Waals surface area contributed by atoms with Crippen LogP contribution in [0.4, 0.5) is 24.5 Å². The Kier molecular flexibility index (Phi) is 9.00. The van der Waals surface area contributed by atoms with E-state index in [1.54, 1.807) is 72.8 Å². The average Bonchev–Trinajstić information content (AvgIpc) is 2.96. The van der Waals surface area contributed by atoms with E-state index >= 15 is 0 Å². The molecule has 0 saturated carbocycles. The quantitative estimate of drug-likeness (QED) is 0.206. The molecular weight excluding hydrogens is 541 g/mol. The largest absolute Gasteiger partial charge is 0.493 e. The van der Waals surface area contributed by atoms with Crippen LogP contribution in [0.1, 0.15) is 26.7 Å². The Morgan fingerprint density at radius 3 is 2.08 bits per heavy atom. The van der Waals surface area contributed by atoms with Crippen molar-refractivity contribution in [3.8, 4) is 11.5 Å². The number of thioether (sulfide) groups is 1. The van der Waals surface area contributed by atoms with E-state index in [0.717, 1.165) is 6.07 Å². The smallest absolute Gasteiger partial charge is 0.418 e. The summed E-state index contributed by atoms with van der Waals surface area (Å²) in [7, 11) is 2.98. The van der Waals surface area contributed by atoms with Crippen LogP contribution < -0.4 is 20.1 Å². The summed E-state index contributed by atoms with van der Waals surface area (Å²) >= 11 is 1.18. The number of carbonyl (C=O) groups excluding carboxylic acids is 2. The second-order valence-electron chi connectivity index (χ2n) is 8.49. The molecule has 0 aliphatic rings. The third kappa shape index (κ3) is 6.95. The fourth-order valence-corrected chi connectivity index (χ4v) is 4.90. The van der Waals surface area contributed by atoms with Gasteiger partial charge in [-0.1, -0.05) is 42.5 Å². The molecule has 1 atom stereocenters. The molecule has 0 aromatic heterocycles. The van der Waals surface area contributed by atoms with Gasteiger partial charge in [0.05, 0.1) is 25.5 Å². The summed E-state index contributed by atoms with van der Waals surface area (Å²) in [5.74, 6) is -0.0331. The maximum absolute atomic E-state index is 13.5. The lowest BCUT2D eigenvalue weighted by Gasteiger charge is -2.19. The highest BCUT2D eigenvalue weighted by Gasteiger charge is 2.34. The first kappa shape index (κ1) is 28.6. The van der Waals surface area contributed by atoms with Gasteiger partial charge >= 0.3 is 6.18 Å². The Balaban J connectivity index is 1.51. The van der Waals surface area contributed by atoms with Crippen LogP contribution in [-0.4, -0.2) is 26.0 Å². The second kappa shape index (κ2) is 12.6. The number of para-hydroxylation sites is 1. The van der Waals surface area contributed by atoms with E-state index < -0.39 is 22.9 Å². The van der Waals surface area contributed by atoms with Crippen LogP contribution in [0.15, 0.2) is 102 Å². The van der Waals surface area contributed by atoms with Gasteiger partial charge < -0.3 is 20.1 Å². The number of nitrogens with one attached hydrogen (secondary N) is 2. The maximum Gasteiger partial charge on any atom is 0.418 e. The van der Waals surface area contributed by atoms with Crippen molar-refractivity contribution < 1.29 is 32.2 Å². The molecule has 1 unspecified atom stereocenters. The van der Waals surface area contributed by atoms with Gasteiger partial charge in [0.15, 0.2) is 11.5 Å². The predicted octanol–water partition coefficient (Wildman–Crippen LogP) is 7.45. The van der Waals surface area contributed by atoms with Crippen molar-refractivity contribution in [1.82, 2.24) is 0 Å². The van der Waals surface area contributed by atoms with E-state index in [4.69, 9.17) is 9.47 Å². The molecule has 2 N–H and O–H groups in total. The number of methoxy groups -OCH3 is 2. The Bertz CT molecular complexity index is 1480. The van der Waals surface area contributed by atoms with Gasteiger partial charge in [-0.15, -0.1) is 11.8 Å². The molecule has 0 bridgehead atoms. The third-order valence-corrected chi connectivity index (χ3v) is 7.11. The van der Waals surface area contributed by atoms with Crippen molar-refractivity contribution in [2.75, 3.05) is 24.9 Å². The topological polar surface area (TPSA) is 76.7 Å². The number of hydrogen-bond donors (Lipinski definition) is 2. The summed E-state index contributed by atoms with van der Waals surface area (Å²) in [6.45, 7) is 0.